The van der Waals surface area contributed by atoms with Gasteiger partial charge < -0.3 is 9.88 Å². The quantitative estimate of drug-likeness (QED) is 0.566. The molecule has 3 aromatic rings. The first-order valence-electron chi connectivity index (χ1n) is 5.76. The predicted molar refractivity (Wildman–Crippen MR) is 69.0 cm³/mol. The van der Waals surface area contributed by atoms with Gasteiger partial charge in [0.05, 0.1) is 17.2 Å². The number of nitro benzene ring substituents is 1. The molecule has 0 amide bonds. The molecule has 0 aliphatic carbocycles. The number of imidazole rings is 1. The second-order valence-corrected chi connectivity index (χ2v) is 4.16. The lowest BCUT2D eigenvalue weighted by atomic mass is 10.2. The Labute approximate surface area is 112 Å². The monoisotopic (exact) mass is 274 g/mol. The maximum atomic E-state index is 10.9. The molecule has 0 aliphatic heterocycles. The zero-order valence-electron chi connectivity index (χ0n) is 10.5. The van der Waals surface area contributed by atoms with Gasteiger partial charge in [-0.15, -0.1) is 0 Å². The van der Waals surface area contributed by atoms with Crippen molar-refractivity contribution in [3.8, 4) is 0 Å². The van der Waals surface area contributed by atoms with Crippen LogP contribution in [0.1, 0.15) is 5.82 Å². The predicted octanol–water partition coefficient (Wildman–Crippen LogP) is 1.48. The van der Waals surface area contributed by atoms with E-state index < -0.39 is 4.92 Å². The van der Waals surface area contributed by atoms with Gasteiger partial charge in [-0.05, 0) is 16.4 Å². The van der Waals surface area contributed by atoms with Crippen molar-refractivity contribution < 1.29 is 9.55 Å². The maximum absolute atomic E-state index is 10.9. The van der Waals surface area contributed by atoms with Gasteiger partial charge in [-0.3, -0.25) is 10.1 Å². The minimum absolute atomic E-state index is 0.125. The van der Waals surface area contributed by atoms with Gasteiger partial charge in [0.15, 0.2) is 5.52 Å². The summed E-state index contributed by atoms with van der Waals surface area (Å²) >= 11 is 0. The largest absolute Gasteiger partial charge is 0.376 e. The molecule has 0 bridgehead atoms. The minimum Gasteiger partial charge on any atom is -0.376 e. The van der Waals surface area contributed by atoms with Crippen molar-refractivity contribution in [3.63, 3.8) is 0 Å². The number of nitrogens with zero attached hydrogens (tertiary/aromatic N) is 5. The number of non-ortho nitro benzene ring substituents is 1. The summed E-state index contributed by atoms with van der Waals surface area (Å²) in [5.41, 5.74) is 0.923. The number of aryl methyl sites for hydroxylation is 1. The summed E-state index contributed by atoms with van der Waals surface area (Å²) in [4.78, 5) is 14.5. The summed E-state index contributed by atoms with van der Waals surface area (Å²) in [6.07, 6.45) is 3.53. The SMILES string of the molecule is Cn1ccnc1CNc1ccc([N+](=O)[O-])c2nonc12. The molecule has 0 spiro atoms. The van der Waals surface area contributed by atoms with Gasteiger partial charge in [0.2, 0.25) is 5.52 Å². The molecule has 1 aromatic carbocycles. The van der Waals surface area contributed by atoms with Crippen molar-refractivity contribution in [3.05, 3.63) is 40.5 Å². The zero-order chi connectivity index (χ0) is 14.1. The second kappa shape index (κ2) is 4.61. The van der Waals surface area contributed by atoms with Gasteiger partial charge in [0, 0.05) is 25.5 Å². The highest BCUT2D eigenvalue weighted by molar-refractivity contribution is 5.93. The molecule has 102 valence electrons. The second-order valence-electron chi connectivity index (χ2n) is 4.16. The van der Waals surface area contributed by atoms with E-state index in [1.54, 1.807) is 12.3 Å². The first kappa shape index (κ1) is 12.1. The summed E-state index contributed by atoms with van der Waals surface area (Å²) < 4.78 is 6.46. The van der Waals surface area contributed by atoms with Crippen molar-refractivity contribution in [1.29, 1.82) is 0 Å². The van der Waals surface area contributed by atoms with Crippen LogP contribution in [0.4, 0.5) is 11.4 Å². The van der Waals surface area contributed by atoms with E-state index in [1.807, 2.05) is 17.8 Å². The van der Waals surface area contributed by atoms with Gasteiger partial charge in [-0.25, -0.2) is 9.61 Å². The third-order valence-corrected chi connectivity index (χ3v) is 2.95. The molecular formula is C11H10N6O3. The van der Waals surface area contributed by atoms with E-state index in [4.69, 9.17) is 0 Å². The van der Waals surface area contributed by atoms with E-state index in [1.165, 1.54) is 6.07 Å². The fourth-order valence-corrected chi connectivity index (χ4v) is 1.88. The molecule has 0 unspecified atom stereocenters. The third-order valence-electron chi connectivity index (χ3n) is 2.95. The lowest BCUT2D eigenvalue weighted by Crippen LogP contribution is -2.06. The molecule has 9 nitrogen and oxygen atoms in total. The Balaban J connectivity index is 1.93. The molecule has 9 heteroatoms. The standard InChI is InChI=1S/C11H10N6O3/c1-16-5-4-12-9(16)6-13-7-2-3-8(17(18)19)11-10(7)14-20-15-11/h2-5,13H,6H2,1H3. The Hall–Kier alpha value is -2.97. The first-order chi connectivity index (χ1) is 9.66. The molecule has 2 heterocycles. The molecular weight excluding hydrogens is 264 g/mol. The van der Waals surface area contributed by atoms with Crippen molar-refractivity contribution in [2.45, 2.75) is 6.54 Å². The average molecular weight is 274 g/mol. The van der Waals surface area contributed by atoms with Crippen molar-refractivity contribution in [2.24, 2.45) is 7.05 Å². The highest BCUT2D eigenvalue weighted by Gasteiger charge is 2.19. The molecule has 1 N–H and O–H groups in total. The van der Waals surface area contributed by atoms with Crippen LogP contribution in [0.3, 0.4) is 0 Å². The topological polar surface area (TPSA) is 112 Å². The summed E-state index contributed by atoms with van der Waals surface area (Å²) in [7, 11) is 1.88. The zero-order valence-corrected chi connectivity index (χ0v) is 10.5. The van der Waals surface area contributed by atoms with Crippen molar-refractivity contribution >= 4 is 22.4 Å². The van der Waals surface area contributed by atoms with E-state index in [-0.39, 0.29) is 11.2 Å². The van der Waals surface area contributed by atoms with Crippen LogP contribution in [0.5, 0.6) is 0 Å². The van der Waals surface area contributed by atoms with Crippen LogP contribution in [0.15, 0.2) is 29.2 Å². The first-order valence-corrected chi connectivity index (χ1v) is 5.76. The van der Waals surface area contributed by atoms with Gasteiger partial charge in [0.25, 0.3) is 0 Å². The Kier molecular flexibility index (Phi) is 2.78. The fourth-order valence-electron chi connectivity index (χ4n) is 1.88. The van der Waals surface area contributed by atoms with E-state index in [2.05, 4.69) is 25.2 Å². The lowest BCUT2D eigenvalue weighted by Gasteiger charge is -2.06. The summed E-state index contributed by atoms with van der Waals surface area (Å²) in [5.74, 6) is 0.827. The highest BCUT2D eigenvalue weighted by atomic mass is 16.6. The maximum Gasteiger partial charge on any atom is 0.300 e. The molecule has 2 aromatic heterocycles. The number of fused-ring (bicyclic) bond motifs is 1. The normalized spacial score (nSPS) is 10.8. The third kappa shape index (κ3) is 1.94. The molecule has 0 saturated carbocycles. The number of aromatic nitrogens is 4. The smallest absolute Gasteiger partial charge is 0.300 e. The van der Waals surface area contributed by atoms with Crippen molar-refractivity contribution in [1.82, 2.24) is 19.9 Å². The Morgan fingerprint density at radius 3 is 2.90 bits per heavy atom. The Bertz CT molecular complexity index is 777. The molecule has 20 heavy (non-hydrogen) atoms. The molecule has 0 atom stereocenters. The van der Waals surface area contributed by atoms with Crippen LogP contribution in [0.2, 0.25) is 0 Å². The minimum atomic E-state index is -0.519. The average Bonchev–Trinajstić information content (AvgIpc) is 3.04. The molecule has 0 aliphatic rings. The Morgan fingerprint density at radius 1 is 1.40 bits per heavy atom. The van der Waals surface area contributed by atoms with Crippen LogP contribution in [0.25, 0.3) is 11.0 Å². The molecule has 0 radical (unpaired) electrons. The van der Waals surface area contributed by atoms with Crippen LogP contribution < -0.4 is 5.32 Å². The van der Waals surface area contributed by atoms with Crippen molar-refractivity contribution in [2.75, 3.05) is 5.32 Å². The number of nitro groups is 1. The summed E-state index contributed by atoms with van der Waals surface area (Å²) in [6, 6.07) is 2.95. The molecule has 3 rings (SSSR count). The molecule has 0 saturated heterocycles. The lowest BCUT2D eigenvalue weighted by molar-refractivity contribution is -0.383. The van der Waals surface area contributed by atoms with Crippen LogP contribution >= 0.6 is 0 Å². The van der Waals surface area contributed by atoms with Gasteiger partial charge in [-0.2, -0.15) is 0 Å². The van der Waals surface area contributed by atoms with E-state index >= 15 is 0 Å². The van der Waals surface area contributed by atoms with Crippen LogP contribution in [-0.4, -0.2) is 24.8 Å². The van der Waals surface area contributed by atoms with Crippen LogP contribution in [-0.2, 0) is 13.6 Å². The summed E-state index contributed by atoms with van der Waals surface area (Å²) in [5, 5.41) is 21.3. The van der Waals surface area contributed by atoms with Gasteiger partial charge in [0.1, 0.15) is 5.82 Å². The van der Waals surface area contributed by atoms with Gasteiger partial charge in [-0.1, -0.05) is 0 Å². The number of hydrogen-bond acceptors (Lipinski definition) is 7. The van der Waals surface area contributed by atoms with Crippen LogP contribution in [0, 0.1) is 10.1 Å². The Morgan fingerprint density at radius 2 is 2.20 bits per heavy atom. The number of nitrogens with one attached hydrogen (secondary N) is 1. The van der Waals surface area contributed by atoms with E-state index in [0.717, 1.165) is 5.82 Å². The number of anilines is 1. The highest BCUT2D eigenvalue weighted by Crippen LogP contribution is 2.28. The number of benzene rings is 1. The van der Waals surface area contributed by atoms with E-state index in [9.17, 15) is 10.1 Å². The number of hydrogen-bond donors (Lipinski definition) is 1. The van der Waals surface area contributed by atoms with Gasteiger partial charge >= 0.3 is 5.69 Å². The molecule has 0 fully saturated rings. The van der Waals surface area contributed by atoms with E-state index in [0.29, 0.717) is 17.7 Å². The summed E-state index contributed by atoms with van der Waals surface area (Å²) in [6.45, 7) is 0.462. The fraction of sp³-hybridized carbons (Fsp3) is 0.182. The number of rotatable bonds is 4.